The minimum absolute atomic E-state index is 0.280. The van der Waals surface area contributed by atoms with Crippen molar-refractivity contribution in [2.24, 2.45) is 5.92 Å². The normalized spacial score (nSPS) is 12.3. The van der Waals surface area contributed by atoms with Crippen molar-refractivity contribution in [2.75, 3.05) is 27.2 Å². The van der Waals surface area contributed by atoms with Gasteiger partial charge < -0.3 is 5.32 Å². The van der Waals surface area contributed by atoms with Crippen LogP contribution in [0.4, 0.5) is 13.2 Å². The SMILES string of the molecule is CNCCN(C)Cc1n[nH]cc1-c1cc(CC(C)C)cc(C(F)(F)F)c1. The summed E-state index contributed by atoms with van der Waals surface area (Å²) in [7, 11) is 3.85. The van der Waals surface area contributed by atoms with Crippen LogP contribution in [0.25, 0.3) is 11.1 Å². The van der Waals surface area contributed by atoms with Crippen molar-refractivity contribution in [2.45, 2.75) is 33.0 Å². The molecule has 0 atom stereocenters. The van der Waals surface area contributed by atoms with Crippen LogP contribution in [0.2, 0.25) is 0 Å². The molecule has 0 amide bonds. The fraction of sp³-hybridized carbons (Fsp3) is 0.526. The number of likely N-dealkylation sites (N-methyl/N-ethyl adjacent to an activating group) is 2. The Morgan fingerprint density at radius 1 is 1.23 bits per heavy atom. The van der Waals surface area contributed by atoms with Crippen LogP contribution in [0.5, 0.6) is 0 Å². The highest BCUT2D eigenvalue weighted by atomic mass is 19.4. The summed E-state index contributed by atoms with van der Waals surface area (Å²) in [5, 5.41) is 10.1. The molecule has 7 heteroatoms. The first-order chi connectivity index (χ1) is 12.2. The molecular weight excluding hydrogens is 341 g/mol. The summed E-state index contributed by atoms with van der Waals surface area (Å²) in [4.78, 5) is 2.08. The number of nitrogens with one attached hydrogen (secondary N) is 2. The van der Waals surface area contributed by atoms with E-state index < -0.39 is 11.7 Å². The number of aromatic nitrogens is 2. The summed E-state index contributed by atoms with van der Waals surface area (Å²) in [6.07, 6.45) is -2.09. The summed E-state index contributed by atoms with van der Waals surface area (Å²) in [5.41, 5.74) is 2.11. The van der Waals surface area contributed by atoms with E-state index in [0.717, 1.165) is 24.3 Å². The molecule has 0 aliphatic rings. The van der Waals surface area contributed by atoms with Gasteiger partial charge in [-0.05, 0) is 49.7 Å². The smallest absolute Gasteiger partial charge is 0.318 e. The molecule has 0 radical (unpaired) electrons. The third-order valence-electron chi connectivity index (χ3n) is 4.16. The lowest BCUT2D eigenvalue weighted by Crippen LogP contribution is -2.27. The van der Waals surface area contributed by atoms with Crippen LogP contribution in [-0.4, -0.2) is 42.3 Å². The Morgan fingerprint density at radius 2 is 1.96 bits per heavy atom. The van der Waals surface area contributed by atoms with Gasteiger partial charge in [0.15, 0.2) is 0 Å². The Hall–Kier alpha value is -1.86. The van der Waals surface area contributed by atoms with Gasteiger partial charge in [0.25, 0.3) is 0 Å². The monoisotopic (exact) mass is 368 g/mol. The lowest BCUT2D eigenvalue weighted by molar-refractivity contribution is -0.137. The number of halogens is 3. The van der Waals surface area contributed by atoms with E-state index >= 15 is 0 Å². The van der Waals surface area contributed by atoms with E-state index in [1.54, 1.807) is 6.20 Å². The van der Waals surface area contributed by atoms with E-state index in [9.17, 15) is 13.2 Å². The summed E-state index contributed by atoms with van der Waals surface area (Å²) < 4.78 is 40.0. The molecule has 0 fully saturated rings. The average molecular weight is 368 g/mol. The maximum absolute atomic E-state index is 13.3. The first kappa shape index (κ1) is 20.5. The van der Waals surface area contributed by atoms with Gasteiger partial charge in [-0.25, -0.2) is 0 Å². The lowest BCUT2D eigenvalue weighted by Gasteiger charge is -2.17. The number of hydrogen-bond donors (Lipinski definition) is 2. The molecule has 0 bridgehead atoms. The fourth-order valence-electron chi connectivity index (χ4n) is 2.93. The second kappa shape index (κ2) is 8.68. The Balaban J connectivity index is 2.37. The van der Waals surface area contributed by atoms with Crippen molar-refractivity contribution in [3.05, 3.63) is 41.2 Å². The molecule has 4 nitrogen and oxygen atoms in total. The van der Waals surface area contributed by atoms with Gasteiger partial charge >= 0.3 is 6.18 Å². The lowest BCUT2D eigenvalue weighted by atomic mass is 9.95. The van der Waals surface area contributed by atoms with Crippen LogP contribution < -0.4 is 5.32 Å². The number of nitrogens with zero attached hydrogens (tertiary/aromatic N) is 2. The highest BCUT2D eigenvalue weighted by Crippen LogP contribution is 2.34. The third-order valence-corrected chi connectivity index (χ3v) is 4.16. The molecule has 0 spiro atoms. The van der Waals surface area contributed by atoms with Gasteiger partial charge in [0.2, 0.25) is 0 Å². The van der Waals surface area contributed by atoms with E-state index in [1.807, 2.05) is 34.0 Å². The standard InChI is InChI=1S/C19H27F3N4/c1-13(2)7-14-8-15(10-16(9-14)19(20,21)22)17-11-24-25-18(17)12-26(4)6-5-23-3/h8-11,13,23H,5-7,12H2,1-4H3,(H,24,25). The molecule has 1 aromatic heterocycles. The molecule has 0 unspecified atom stereocenters. The van der Waals surface area contributed by atoms with Gasteiger partial charge in [0.1, 0.15) is 0 Å². The minimum atomic E-state index is -4.37. The number of aromatic amines is 1. The Bertz CT molecular complexity index is 707. The van der Waals surface area contributed by atoms with Crippen LogP contribution in [-0.2, 0) is 19.1 Å². The molecule has 0 aliphatic heterocycles. The number of hydrogen-bond acceptors (Lipinski definition) is 3. The van der Waals surface area contributed by atoms with E-state index in [0.29, 0.717) is 24.1 Å². The molecule has 26 heavy (non-hydrogen) atoms. The topological polar surface area (TPSA) is 44.0 Å². The van der Waals surface area contributed by atoms with E-state index in [2.05, 4.69) is 20.4 Å². The first-order valence-electron chi connectivity index (χ1n) is 8.78. The molecule has 2 rings (SSSR count). The zero-order chi connectivity index (χ0) is 19.3. The van der Waals surface area contributed by atoms with Gasteiger partial charge in [-0.1, -0.05) is 19.9 Å². The molecule has 0 aliphatic carbocycles. The maximum Gasteiger partial charge on any atom is 0.416 e. The Morgan fingerprint density at radius 3 is 2.58 bits per heavy atom. The van der Waals surface area contributed by atoms with Crippen LogP contribution in [0, 0.1) is 5.92 Å². The van der Waals surface area contributed by atoms with Crippen molar-refractivity contribution in [1.29, 1.82) is 0 Å². The summed E-state index contributed by atoms with van der Waals surface area (Å²) in [6, 6.07) is 4.31. The summed E-state index contributed by atoms with van der Waals surface area (Å²) in [5.74, 6) is 0.280. The van der Waals surface area contributed by atoms with Gasteiger partial charge in [-0.3, -0.25) is 10.00 Å². The van der Waals surface area contributed by atoms with Crippen molar-refractivity contribution in [1.82, 2.24) is 20.4 Å². The highest BCUT2D eigenvalue weighted by molar-refractivity contribution is 5.67. The highest BCUT2D eigenvalue weighted by Gasteiger charge is 2.31. The van der Waals surface area contributed by atoms with Crippen molar-refractivity contribution < 1.29 is 13.2 Å². The number of H-pyrrole nitrogens is 1. The molecule has 144 valence electrons. The minimum Gasteiger partial charge on any atom is -0.318 e. The molecule has 0 saturated heterocycles. The summed E-state index contributed by atoms with van der Waals surface area (Å²) >= 11 is 0. The predicted octanol–water partition coefficient (Wildman–Crippen LogP) is 3.95. The van der Waals surface area contributed by atoms with Crippen LogP contribution >= 0.6 is 0 Å². The number of rotatable bonds is 8. The Labute approximate surface area is 152 Å². The van der Waals surface area contributed by atoms with E-state index in [4.69, 9.17) is 0 Å². The molecule has 0 saturated carbocycles. The zero-order valence-corrected chi connectivity index (χ0v) is 15.7. The second-order valence-corrected chi connectivity index (χ2v) is 7.10. The Kier molecular flexibility index (Phi) is 6.83. The van der Waals surface area contributed by atoms with Gasteiger partial charge in [-0.15, -0.1) is 0 Å². The fourth-order valence-corrected chi connectivity index (χ4v) is 2.93. The van der Waals surface area contributed by atoms with Crippen molar-refractivity contribution in [3.8, 4) is 11.1 Å². The van der Waals surface area contributed by atoms with Crippen molar-refractivity contribution in [3.63, 3.8) is 0 Å². The second-order valence-electron chi connectivity index (χ2n) is 7.10. The molecule has 1 aromatic carbocycles. The van der Waals surface area contributed by atoms with Gasteiger partial charge in [0, 0.05) is 31.4 Å². The maximum atomic E-state index is 13.3. The van der Waals surface area contributed by atoms with E-state index in [1.165, 1.54) is 12.1 Å². The van der Waals surface area contributed by atoms with Crippen LogP contribution in [0.3, 0.4) is 0 Å². The van der Waals surface area contributed by atoms with Crippen molar-refractivity contribution >= 4 is 0 Å². The van der Waals surface area contributed by atoms with E-state index in [-0.39, 0.29) is 5.92 Å². The predicted molar refractivity (Wildman–Crippen MR) is 97.8 cm³/mol. The largest absolute Gasteiger partial charge is 0.416 e. The molecule has 1 heterocycles. The molecule has 2 aromatic rings. The molecular formula is C19H27F3N4. The van der Waals surface area contributed by atoms with Gasteiger partial charge in [-0.2, -0.15) is 18.3 Å². The average Bonchev–Trinajstić information content (AvgIpc) is 2.99. The van der Waals surface area contributed by atoms with Gasteiger partial charge in [0.05, 0.1) is 11.3 Å². The first-order valence-corrected chi connectivity index (χ1v) is 8.78. The zero-order valence-electron chi connectivity index (χ0n) is 15.7. The van der Waals surface area contributed by atoms with Crippen LogP contribution in [0.15, 0.2) is 24.4 Å². The third kappa shape index (κ3) is 5.57. The molecule has 2 N–H and O–H groups in total. The van der Waals surface area contributed by atoms with Crippen LogP contribution in [0.1, 0.15) is 30.7 Å². The summed E-state index contributed by atoms with van der Waals surface area (Å²) in [6.45, 7) is 6.22. The quantitative estimate of drug-likeness (QED) is 0.742. The number of benzene rings is 1. The number of alkyl halides is 3.